The average molecular weight is 306 g/mol. The lowest BCUT2D eigenvalue weighted by atomic mass is 10.2. The molecular formula is C14H12ClN3OS. The van der Waals surface area contributed by atoms with E-state index in [2.05, 4.69) is 21.5 Å². The minimum atomic E-state index is -0.169. The van der Waals surface area contributed by atoms with Crippen molar-refractivity contribution in [2.24, 2.45) is 0 Å². The second-order valence-electron chi connectivity index (χ2n) is 3.85. The number of nitrogens with zero attached hydrogens (tertiary/aromatic N) is 1. The maximum atomic E-state index is 11.4. The molecule has 0 atom stereocenters. The van der Waals surface area contributed by atoms with Gasteiger partial charge in [0.1, 0.15) is 0 Å². The Kier molecular flexibility index (Phi) is 4.99. The molecule has 0 aliphatic heterocycles. The molecule has 20 heavy (non-hydrogen) atoms. The van der Waals surface area contributed by atoms with E-state index in [9.17, 15) is 4.79 Å². The summed E-state index contributed by atoms with van der Waals surface area (Å²) in [5, 5.41) is 8.72. The molecule has 1 aromatic heterocycles. The van der Waals surface area contributed by atoms with Gasteiger partial charge in [0.15, 0.2) is 5.13 Å². The van der Waals surface area contributed by atoms with Gasteiger partial charge < -0.3 is 10.6 Å². The normalized spacial score (nSPS) is 9.80. The van der Waals surface area contributed by atoms with Crippen molar-refractivity contribution >= 4 is 34.0 Å². The zero-order chi connectivity index (χ0) is 14.4. The lowest BCUT2D eigenvalue weighted by Gasteiger charge is -2.02. The summed E-state index contributed by atoms with van der Waals surface area (Å²) in [7, 11) is 0. The first-order valence-electron chi connectivity index (χ1n) is 5.85. The maximum Gasteiger partial charge on any atom is 0.240 e. The minimum absolute atomic E-state index is 0.136. The van der Waals surface area contributed by atoms with Gasteiger partial charge in [0, 0.05) is 16.0 Å². The van der Waals surface area contributed by atoms with Crippen LogP contribution in [0.4, 0.5) is 5.13 Å². The van der Waals surface area contributed by atoms with Gasteiger partial charge >= 0.3 is 0 Å². The largest absolute Gasteiger partial charge is 0.352 e. The van der Waals surface area contributed by atoms with E-state index in [0.717, 1.165) is 11.3 Å². The summed E-state index contributed by atoms with van der Waals surface area (Å²) < 4.78 is 0. The Morgan fingerprint density at radius 1 is 1.45 bits per heavy atom. The topological polar surface area (TPSA) is 54.0 Å². The van der Waals surface area contributed by atoms with Gasteiger partial charge in [0.25, 0.3) is 0 Å². The third kappa shape index (κ3) is 3.73. The van der Waals surface area contributed by atoms with Gasteiger partial charge in [0.2, 0.25) is 5.91 Å². The number of hydrogen-bond acceptors (Lipinski definition) is 4. The molecule has 6 heteroatoms. The second kappa shape index (κ2) is 6.94. The SMILES string of the molecule is C#CCNC(=O)CNc1nc(-c2ccccc2Cl)cs1. The molecular weight excluding hydrogens is 294 g/mol. The predicted octanol–water partition coefficient (Wildman–Crippen LogP) is 2.62. The number of carbonyl (C=O) groups excluding carboxylic acids is 1. The van der Waals surface area contributed by atoms with Crippen LogP contribution in [-0.2, 0) is 4.79 Å². The fourth-order valence-corrected chi connectivity index (χ4v) is 2.46. The molecule has 0 fully saturated rings. The molecule has 102 valence electrons. The Labute approximate surface area is 126 Å². The minimum Gasteiger partial charge on any atom is -0.352 e. The van der Waals surface area contributed by atoms with Crippen LogP contribution in [0.3, 0.4) is 0 Å². The highest BCUT2D eigenvalue weighted by atomic mass is 35.5. The molecule has 2 rings (SSSR count). The average Bonchev–Trinajstić information content (AvgIpc) is 2.92. The Morgan fingerprint density at radius 2 is 2.25 bits per heavy atom. The molecule has 2 N–H and O–H groups in total. The molecule has 1 heterocycles. The summed E-state index contributed by atoms with van der Waals surface area (Å²) in [4.78, 5) is 15.8. The number of anilines is 1. The number of halogens is 1. The molecule has 0 saturated carbocycles. The number of thiazole rings is 1. The van der Waals surface area contributed by atoms with E-state index < -0.39 is 0 Å². The van der Waals surface area contributed by atoms with Crippen LogP contribution in [0.2, 0.25) is 5.02 Å². The van der Waals surface area contributed by atoms with Gasteiger partial charge in [-0.2, -0.15) is 0 Å². The van der Waals surface area contributed by atoms with Crippen LogP contribution in [0, 0.1) is 12.3 Å². The van der Waals surface area contributed by atoms with Crippen LogP contribution in [-0.4, -0.2) is 24.0 Å². The van der Waals surface area contributed by atoms with Crippen molar-refractivity contribution in [3.05, 3.63) is 34.7 Å². The van der Waals surface area contributed by atoms with E-state index in [1.54, 1.807) is 0 Å². The Balaban J connectivity index is 1.98. The third-order valence-corrected chi connectivity index (χ3v) is 3.57. The van der Waals surface area contributed by atoms with Crippen LogP contribution < -0.4 is 10.6 Å². The summed E-state index contributed by atoms with van der Waals surface area (Å²) in [5.74, 6) is 2.17. The summed E-state index contributed by atoms with van der Waals surface area (Å²) in [6, 6.07) is 7.49. The number of amides is 1. The molecule has 1 aromatic carbocycles. The zero-order valence-corrected chi connectivity index (χ0v) is 12.1. The molecule has 4 nitrogen and oxygen atoms in total. The predicted molar refractivity (Wildman–Crippen MR) is 82.9 cm³/mol. The van der Waals surface area contributed by atoms with Crippen LogP contribution in [0.5, 0.6) is 0 Å². The van der Waals surface area contributed by atoms with Gasteiger partial charge in [0.05, 0.1) is 18.8 Å². The van der Waals surface area contributed by atoms with Crippen LogP contribution in [0.15, 0.2) is 29.6 Å². The Hall–Kier alpha value is -2.03. The molecule has 0 spiro atoms. The first kappa shape index (κ1) is 14.4. The summed E-state index contributed by atoms with van der Waals surface area (Å²) in [6.45, 7) is 0.362. The smallest absolute Gasteiger partial charge is 0.240 e. The highest BCUT2D eigenvalue weighted by Gasteiger charge is 2.08. The van der Waals surface area contributed by atoms with Crippen LogP contribution >= 0.6 is 22.9 Å². The standard InChI is InChI=1S/C14H12ClN3OS/c1-2-7-16-13(19)8-17-14-18-12(9-20-14)10-5-3-4-6-11(10)15/h1,3-6,9H,7-8H2,(H,16,19)(H,17,18). The number of benzene rings is 1. The van der Waals surface area contributed by atoms with E-state index in [1.807, 2.05) is 29.6 Å². The van der Waals surface area contributed by atoms with Crippen LogP contribution in [0.25, 0.3) is 11.3 Å². The van der Waals surface area contributed by atoms with E-state index in [-0.39, 0.29) is 19.0 Å². The Bertz CT molecular complexity index is 648. The van der Waals surface area contributed by atoms with Gasteiger partial charge in [-0.15, -0.1) is 17.8 Å². The quantitative estimate of drug-likeness (QED) is 0.835. The zero-order valence-electron chi connectivity index (χ0n) is 10.5. The van der Waals surface area contributed by atoms with Gasteiger partial charge in [-0.1, -0.05) is 35.7 Å². The van der Waals surface area contributed by atoms with Gasteiger partial charge in [-0.3, -0.25) is 4.79 Å². The van der Waals surface area contributed by atoms with E-state index >= 15 is 0 Å². The number of aromatic nitrogens is 1. The number of rotatable bonds is 5. The Morgan fingerprint density at radius 3 is 3.00 bits per heavy atom. The second-order valence-corrected chi connectivity index (χ2v) is 5.12. The monoisotopic (exact) mass is 305 g/mol. The summed E-state index contributed by atoms with van der Waals surface area (Å²) in [5.41, 5.74) is 1.65. The third-order valence-electron chi connectivity index (χ3n) is 2.44. The van der Waals surface area contributed by atoms with Gasteiger partial charge in [-0.05, 0) is 6.07 Å². The highest BCUT2D eigenvalue weighted by molar-refractivity contribution is 7.14. The van der Waals surface area contributed by atoms with Crippen molar-refractivity contribution < 1.29 is 4.79 Å². The number of hydrogen-bond donors (Lipinski definition) is 2. The fraction of sp³-hybridized carbons (Fsp3) is 0.143. The van der Waals surface area contributed by atoms with Crippen molar-refractivity contribution in [1.82, 2.24) is 10.3 Å². The van der Waals surface area contributed by atoms with Crippen molar-refractivity contribution in [2.45, 2.75) is 0 Å². The van der Waals surface area contributed by atoms with E-state index in [4.69, 9.17) is 18.0 Å². The van der Waals surface area contributed by atoms with Crippen molar-refractivity contribution in [1.29, 1.82) is 0 Å². The van der Waals surface area contributed by atoms with Gasteiger partial charge in [-0.25, -0.2) is 4.98 Å². The molecule has 0 saturated heterocycles. The molecule has 0 aliphatic rings. The van der Waals surface area contributed by atoms with E-state index in [1.165, 1.54) is 11.3 Å². The van der Waals surface area contributed by atoms with Crippen molar-refractivity contribution in [2.75, 3.05) is 18.4 Å². The maximum absolute atomic E-state index is 11.4. The van der Waals surface area contributed by atoms with Crippen LogP contribution in [0.1, 0.15) is 0 Å². The molecule has 2 aromatic rings. The highest BCUT2D eigenvalue weighted by Crippen LogP contribution is 2.30. The first-order valence-corrected chi connectivity index (χ1v) is 7.11. The fourth-order valence-electron chi connectivity index (χ4n) is 1.52. The van der Waals surface area contributed by atoms with Crippen molar-refractivity contribution in [3.8, 4) is 23.6 Å². The first-order chi connectivity index (χ1) is 9.70. The summed E-state index contributed by atoms with van der Waals surface area (Å²) >= 11 is 7.53. The lowest BCUT2D eigenvalue weighted by Crippen LogP contribution is -2.29. The van der Waals surface area contributed by atoms with Crippen molar-refractivity contribution in [3.63, 3.8) is 0 Å². The molecule has 1 amide bonds. The molecule has 0 radical (unpaired) electrons. The number of carbonyl (C=O) groups is 1. The lowest BCUT2D eigenvalue weighted by molar-refractivity contribution is -0.119. The number of nitrogens with one attached hydrogen (secondary N) is 2. The molecule has 0 unspecified atom stereocenters. The van der Waals surface area contributed by atoms with E-state index in [0.29, 0.717) is 10.2 Å². The molecule has 0 bridgehead atoms. The summed E-state index contributed by atoms with van der Waals surface area (Å²) in [6.07, 6.45) is 5.06. The number of terminal acetylenes is 1. The molecule has 0 aliphatic carbocycles.